The number of amides is 1. The lowest BCUT2D eigenvalue weighted by molar-refractivity contribution is -0.143. The minimum atomic E-state index is -1.03. The van der Waals surface area contributed by atoms with Crippen molar-refractivity contribution in [1.82, 2.24) is 5.32 Å². The van der Waals surface area contributed by atoms with Crippen LogP contribution in [0, 0.1) is 5.92 Å². The van der Waals surface area contributed by atoms with Gasteiger partial charge in [-0.2, -0.15) is 0 Å². The van der Waals surface area contributed by atoms with Crippen LogP contribution in [0.1, 0.15) is 27.2 Å². The summed E-state index contributed by atoms with van der Waals surface area (Å²) < 4.78 is 0. The smallest absolute Gasteiger partial charge is 0.326 e. The molecule has 0 saturated carbocycles. The lowest BCUT2D eigenvalue weighted by Gasteiger charge is -2.19. The Hall–Kier alpha value is -1.10. The zero-order chi connectivity index (χ0) is 11.3. The number of carboxylic acids is 1. The number of nitrogens with two attached hydrogens (primary N) is 1. The molecule has 2 atom stereocenters. The van der Waals surface area contributed by atoms with E-state index in [1.165, 1.54) is 0 Å². The molecule has 4 N–H and O–H groups in total. The number of nitrogens with one attached hydrogen (secondary N) is 1. The molecule has 0 aromatic heterocycles. The van der Waals surface area contributed by atoms with Crippen LogP contribution in [0.15, 0.2) is 0 Å². The summed E-state index contributed by atoms with van der Waals surface area (Å²) in [5.74, 6) is -1.59. The predicted octanol–water partition coefficient (Wildman–Crippen LogP) is -0.0509. The standard InChI is InChI=1S/C9H18N2O3/c1-4-6(10)8(12)11-7(5(2)3)9(13)14/h5-7H,4,10H2,1-3H3,(H,11,12)(H,13,14)/t6-,7+/m1/s1. The van der Waals surface area contributed by atoms with Crippen molar-refractivity contribution in [3.63, 3.8) is 0 Å². The summed E-state index contributed by atoms with van der Waals surface area (Å²) in [4.78, 5) is 22.0. The first-order chi connectivity index (χ1) is 6.40. The van der Waals surface area contributed by atoms with Crippen LogP contribution in [-0.4, -0.2) is 29.1 Å². The van der Waals surface area contributed by atoms with Crippen LogP contribution in [0.3, 0.4) is 0 Å². The van der Waals surface area contributed by atoms with Crippen molar-refractivity contribution >= 4 is 11.9 Å². The average molecular weight is 202 g/mol. The molecule has 0 rings (SSSR count). The van der Waals surface area contributed by atoms with Gasteiger partial charge in [0.25, 0.3) is 0 Å². The van der Waals surface area contributed by atoms with E-state index in [0.29, 0.717) is 6.42 Å². The Kier molecular flexibility index (Phi) is 5.15. The molecule has 0 saturated heterocycles. The Morgan fingerprint density at radius 3 is 2.21 bits per heavy atom. The molecule has 0 aromatic carbocycles. The van der Waals surface area contributed by atoms with E-state index in [0.717, 1.165) is 0 Å². The largest absolute Gasteiger partial charge is 0.480 e. The summed E-state index contributed by atoms with van der Waals surface area (Å²) in [5, 5.41) is 11.2. The van der Waals surface area contributed by atoms with Crippen molar-refractivity contribution in [3.05, 3.63) is 0 Å². The van der Waals surface area contributed by atoms with Crippen LogP contribution in [0.2, 0.25) is 0 Å². The van der Waals surface area contributed by atoms with Crippen molar-refractivity contribution in [3.8, 4) is 0 Å². The first kappa shape index (κ1) is 12.9. The molecule has 0 aromatic rings. The molecule has 0 aliphatic rings. The summed E-state index contributed by atoms with van der Waals surface area (Å²) >= 11 is 0. The monoisotopic (exact) mass is 202 g/mol. The molecule has 0 fully saturated rings. The molecule has 0 heterocycles. The van der Waals surface area contributed by atoms with Gasteiger partial charge in [-0.05, 0) is 12.3 Å². The molecule has 0 aliphatic heterocycles. The molecule has 5 heteroatoms. The maximum atomic E-state index is 11.3. The van der Waals surface area contributed by atoms with Crippen molar-refractivity contribution < 1.29 is 14.7 Å². The Morgan fingerprint density at radius 2 is 1.93 bits per heavy atom. The molecular formula is C9H18N2O3. The molecule has 1 amide bonds. The van der Waals surface area contributed by atoms with E-state index in [9.17, 15) is 9.59 Å². The van der Waals surface area contributed by atoms with Crippen LogP contribution in [0.5, 0.6) is 0 Å². The van der Waals surface area contributed by atoms with Crippen molar-refractivity contribution in [2.24, 2.45) is 11.7 Å². The summed E-state index contributed by atoms with van der Waals surface area (Å²) in [7, 11) is 0. The SMILES string of the molecule is CC[C@@H](N)C(=O)N[C@H](C(=O)O)C(C)C. The fourth-order valence-corrected chi connectivity index (χ4v) is 0.959. The Morgan fingerprint density at radius 1 is 1.43 bits per heavy atom. The van der Waals surface area contributed by atoms with Crippen LogP contribution < -0.4 is 11.1 Å². The van der Waals surface area contributed by atoms with Crippen LogP contribution in [-0.2, 0) is 9.59 Å². The topological polar surface area (TPSA) is 92.4 Å². The van der Waals surface area contributed by atoms with Gasteiger partial charge in [0.1, 0.15) is 6.04 Å². The van der Waals surface area contributed by atoms with Gasteiger partial charge in [-0.25, -0.2) is 4.79 Å². The van der Waals surface area contributed by atoms with E-state index in [4.69, 9.17) is 10.8 Å². The van der Waals surface area contributed by atoms with Gasteiger partial charge in [0, 0.05) is 0 Å². The van der Waals surface area contributed by atoms with E-state index in [1.807, 2.05) is 0 Å². The molecular weight excluding hydrogens is 184 g/mol. The fraction of sp³-hybridized carbons (Fsp3) is 0.778. The summed E-state index contributed by atoms with van der Waals surface area (Å²) in [5.41, 5.74) is 5.46. The Bertz CT molecular complexity index is 216. The highest BCUT2D eigenvalue weighted by Crippen LogP contribution is 2.02. The molecule has 82 valence electrons. The number of carbonyl (C=O) groups is 2. The highest BCUT2D eigenvalue weighted by molar-refractivity contribution is 5.86. The van der Waals surface area contributed by atoms with E-state index < -0.39 is 24.0 Å². The molecule has 0 radical (unpaired) electrons. The Labute approximate surface area is 83.7 Å². The third-order valence-corrected chi connectivity index (χ3v) is 2.01. The van der Waals surface area contributed by atoms with E-state index in [1.54, 1.807) is 20.8 Å². The summed E-state index contributed by atoms with van der Waals surface area (Å²) in [6.07, 6.45) is 0.496. The number of aliphatic carboxylic acids is 1. The van der Waals surface area contributed by atoms with E-state index in [-0.39, 0.29) is 5.92 Å². The van der Waals surface area contributed by atoms with E-state index in [2.05, 4.69) is 5.32 Å². The second-order valence-electron chi connectivity index (χ2n) is 3.58. The molecule has 0 aliphatic carbocycles. The number of carbonyl (C=O) groups excluding carboxylic acids is 1. The van der Waals surface area contributed by atoms with Crippen molar-refractivity contribution in [2.45, 2.75) is 39.3 Å². The first-order valence-corrected chi connectivity index (χ1v) is 4.68. The van der Waals surface area contributed by atoms with Crippen LogP contribution in [0.25, 0.3) is 0 Å². The van der Waals surface area contributed by atoms with Gasteiger partial charge in [-0.1, -0.05) is 20.8 Å². The molecule has 0 spiro atoms. The maximum absolute atomic E-state index is 11.3. The summed E-state index contributed by atoms with van der Waals surface area (Å²) in [6.45, 7) is 5.24. The van der Waals surface area contributed by atoms with Crippen molar-refractivity contribution in [2.75, 3.05) is 0 Å². The maximum Gasteiger partial charge on any atom is 0.326 e. The van der Waals surface area contributed by atoms with Gasteiger partial charge in [0.15, 0.2) is 0 Å². The minimum Gasteiger partial charge on any atom is -0.480 e. The van der Waals surface area contributed by atoms with Gasteiger partial charge in [-0.3, -0.25) is 4.79 Å². The number of hydrogen-bond donors (Lipinski definition) is 3. The van der Waals surface area contributed by atoms with Crippen LogP contribution in [0.4, 0.5) is 0 Å². The lowest BCUT2D eigenvalue weighted by atomic mass is 10.0. The first-order valence-electron chi connectivity index (χ1n) is 4.68. The third kappa shape index (κ3) is 3.74. The molecule has 0 bridgehead atoms. The third-order valence-electron chi connectivity index (χ3n) is 2.01. The van der Waals surface area contributed by atoms with Gasteiger partial charge in [0.2, 0.25) is 5.91 Å². The molecule has 0 unspecified atom stereocenters. The Balaban J connectivity index is 4.31. The second-order valence-corrected chi connectivity index (χ2v) is 3.58. The molecule has 5 nitrogen and oxygen atoms in total. The minimum absolute atomic E-state index is 0.152. The quantitative estimate of drug-likeness (QED) is 0.582. The van der Waals surface area contributed by atoms with Gasteiger partial charge < -0.3 is 16.2 Å². The van der Waals surface area contributed by atoms with E-state index >= 15 is 0 Å². The zero-order valence-corrected chi connectivity index (χ0v) is 8.78. The van der Waals surface area contributed by atoms with Crippen molar-refractivity contribution in [1.29, 1.82) is 0 Å². The fourth-order valence-electron chi connectivity index (χ4n) is 0.959. The highest BCUT2D eigenvalue weighted by Gasteiger charge is 2.25. The lowest BCUT2D eigenvalue weighted by Crippen LogP contribution is -2.50. The number of carboxylic acid groups (broad SMARTS) is 1. The summed E-state index contributed by atoms with van der Waals surface area (Å²) in [6, 6.07) is -1.49. The molecule has 14 heavy (non-hydrogen) atoms. The van der Waals surface area contributed by atoms with Gasteiger partial charge in [-0.15, -0.1) is 0 Å². The predicted molar refractivity (Wildman–Crippen MR) is 52.7 cm³/mol. The normalized spacial score (nSPS) is 14.9. The second kappa shape index (κ2) is 5.59. The van der Waals surface area contributed by atoms with Gasteiger partial charge in [0.05, 0.1) is 6.04 Å². The number of rotatable bonds is 5. The van der Waals surface area contributed by atoms with Crippen LogP contribution >= 0.6 is 0 Å². The zero-order valence-electron chi connectivity index (χ0n) is 8.78. The number of hydrogen-bond acceptors (Lipinski definition) is 3. The highest BCUT2D eigenvalue weighted by atomic mass is 16.4. The average Bonchev–Trinajstić information content (AvgIpc) is 2.11. The van der Waals surface area contributed by atoms with Gasteiger partial charge >= 0.3 is 5.97 Å².